The third-order valence-corrected chi connectivity index (χ3v) is 3.01. The van der Waals surface area contributed by atoms with Crippen LogP contribution in [0.5, 0.6) is 0 Å². The Morgan fingerprint density at radius 2 is 2.42 bits per heavy atom. The summed E-state index contributed by atoms with van der Waals surface area (Å²) >= 11 is 0. The minimum atomic E-state index is 0.544. The summed E-state index contributed by atoms with van der Waals surface area (Å²) in [5, 5.41) is 7.94. The van der Waals surface area contributed by atoms with Crippen LogP contribution in [-0.4, -0.2) is 24.3 Å². The van der Waals surface area contributed by atoms with Gasteiger partial charge >= 0.3 is 0 Å². The molecule has 3 rings (SSSR count). The van der Waals surface area contributed by atoms with Crippen molar-refractivity contribution in [3.05, 3.63) is 11.6 Å². The average molecular weight is 163 g/mol. The van der Waals surface area contributed by atoms with Crippen molar-refractivity contribution in [2.75, 3.05) is 6.54 Å². The molecule has 0 radical (unpaired) electrons. The second-order valence-corrected chi connectivity index (χ2v) is 3.79. The number of fused-ring (bicyclic) bond motifs is 4. The first-order valence-electron chi connectivity index (χ1n) is 4.69. The van der Waals surface area contributed by atoms with Gasteiger partial charge in [-0.25, -0.2) is 0 Å². The lowest BCUT2D eigenvalue weighted by molar-refractivity contribution is 0.560. The first kappa shape index (κ1) is 6.66. The van der Waals surface area contributed by atoms with Crippen LogP contribution >= 0.6 is 0 Å². The number of piperidine rings is 1. The van der Waals surface area contributed by atoms with Crippen LogP contribution < -0.4 is 10.7 Å². The highest BCUT2D eigenvalue weighted by atomic mass is 15.3. The molecule has 2 unspecified atom stereocenters. The highest BCUT2D eigenvalue weighted by molar-refractivity contribution is 6.05. The Kier molecular flexibility index (Phi) is 1.29. The maximum Gasteiger partial charge on any atom is 0.0802 e. The predicted molar refractivity (Wildman–Crippen MR) is 48.1 cm³/mol. The van der Waals surface area contributed by atoms with E-state index in [1.165, 1.54) is 30.5 Å². The van der Waals surface area contributed by atoms with Crippen molar-refractivity contribution in [2.24, 2.45) is 5.10 Å². The molecule has 3 heteroatoms. The van der Waals surface area contributed by atoms with Crippen molar-refractivity contribution in [1.82, 2.24) is 10.7 Å². The first-order valence-corrected chi connectivity index (χ1v) is 4.69. The minimum Gasteiger partial charge on any atom is -0.306 e. The van der Waals surface area contributed by atoms with E-state index in [4.69, 9.17) is 0 Å². The Balaban J connectivity index is 1.99. The molecule has 0 saturated carbocycles. The molecule has 0 amide bonds. The largest absolute Gasteiger partial charge is 0.306 e. The van der Waals surface area contributed by atoms with E-state index in [1.807, 2.05) is 0 Å². The Hall–Kier alpha value is -0.830. The van der Waals surface area contributed by atoms with Crippen LogP contribution in [0.25, 0.3) is 0 Å². The Morgan fingerprint density at radius 3 is 3.42 bits per heavy atom. The third kappa shape index (κ3) is 0.829. The van der Waals surface area contributed by atoms with E-state index < -0.39 is 0 Å². The summed E-state index contributed by atoms with van der Waals surface area (Å²) in [5.74, 6) is 0. The van der Waals surface area contributed by atoms with Crippen molar-refractivity contribution in [1.29, 1.82) is 0 Å². The monoisotopic (exact) mass is 163 g/mol. The van der Waals surface area contributed by atoms with Crippen molar-refractivity contribution >= 4 is 5.71 Å². The van der Waals surface area contributed by atoms with Crippen LogP contribution in [-0.2, 0) is 0 Å². The van der Waals surface area contributed by atoms with Gasteiger partial charge in [-0.2, -0.15) is 5.10 Å². The number of rotatable bonds is 0. The lowest BCUT2D eigenvalue weighted by Crippen LogP contribution is -2.44. The molecule has 3 nitrogen and oxygen atoms in total. The zero-order valence-corrected chi connectivity index (χ0v) is 7.01. The fourth-order valence-electron chi connectivity index (χ4n) is 2.43. The highest BCUT2D eigenvalue weighted by Crippen LogP contribution is 2.29. The summed E-state index contributed by atoms with van der Waals surface area (Å²) in [4.78, 5) is 0. The van der Waals surface area contributed by atoms with Crippen LogP contribution in [0.4, 0.5) is 0 Å². The molecule has 3 heterocycles. The van der Waals surface area contributed by atoms with Crippen molar-refractivity contribution in [3.8, 4) is 0 Å². The van der Waals surface area contributed by atoms with Crippen molar-refractivity contribution in [2.45, 2.75) is 31.3 Å². The van der Waals surface area contributed by atoms with Crippen LogP contribution in [0.3, 0.4) is 0 Å². The maximum atomic E-state index is 4.37. The molecule has 0 aliphatic carbocycles. The van der Waals surface area contributed by atoms with E-state index in [0.717, 1.165) is 12.6 Å². The fraction of sp³-hybridized carbons (Fsp3) is 0.667. The molecule has 3 aliphatic heterocycles. The Bertz CT molecular complexity index is 267. The van der Waals surface area contributed by atoms with Gasteiger partial charge in [0.1, 0.15) is 0 Å². The van der Waals surface area contributed by atoms with Crippen LogP contribution in [0, 0.1) is 0 Å². The van der Waals surface area contributed by atoms with E-state index in [0.29, 0.717) is 6.04 Å². The molecule has 64 valence electrons. The zero-order valence-electron chi connectivity index (χ0n) is 7.01. The standard InChI is InChI=1S/C9H13N3/c1-2-8-9-6(3-4-10-12-9)5-7(1)11-8/h3,7-8,10-11H,1-2,4-5H2. The van der Waals surface area contributed by atoms with Gasteiger partial charge in [-0.05, 0) is 24.8 Å². The molecule has 0 aromatic heterocycles. The van der Waals surface area contributed by atoms with Gasteiger partial charge in [0.25, 0.3) is 0 Å². The number of nitrogens with one attached hydrogen (secondary N) is 2. The molecule has 0 spiro atoms. The van der Waals surface area contributed by atoms with Gasteiger partial charge in [0.15, 0.2) is 0 Å². The quantitative estimate of drug-likeness (QED) is 0.542. The molecular weight excluding hydrogens is 150 g/mol. The summed E-state index contributed by atoms with van der Waals surface area (Å²) in [6.07, 6.45) is 6.06. The molecular formula is C9H13N3. The normalized spacial score (nSPS) is 38.0. The Labute approximate surface area is 71.9 Å². The first-order chi connectivity index (χ1) is 5.93. The summed E-state index contributed by atoms with van der Waals surface area (Å²) in [5.41, 5.74) is 5.80. The van der Waals surface area contributed by atoms with Gasteiger partial charge in [0.2, 0.25) is 0 Å². The van der Waals surface area contributed by atoms with Gasteiger partial charge in [-0.3, -0.25) is 0 Å². The van der Waals surface area contributed by atoms with Crippen LogP contribution in [0.2, 0.25) is 0 Å². The van der Waals surface area contributed by atoms with Gasteiger partial charge in [-0.1, -0.05) is 6.08 Å². The summed E-state index contributed by atoms with van der Waals surface area (Å²) in [6, 6.07) is 1.28. The van der Waals surface area contributed by atoms with Gasteiger partial charge in [0, 0.05) is 6.04 Å². The number of hydrazone groups is 1. The molecule has 2 saturated heterocycles. The molecule has 0 aromatic carbocycles. The minimum absolute atomic E-state index is 0.544. The molecule has 2 fully saturated rings. The van der Waals surface area contributed by atoms with E-state index in [2.05, 4.69) is 21.9 Å². The SMILES string of the molecule is C1=C2CC3CCC(N3)C2=NNC1. The second kappa shape index (κ2) is 2.33. The zero-order chi connectivity index (χ0) is 7.97. The number of nitrogens with zero attached hydrogens (tertiary/aromatic N) is 1. The molecule has 0 aromatic rings. The molecule has 3 aliphatic rings. The molecule has 12 heavy (non-hydrogen) atoms. The molecule has 2 atom stereocenters. The average Bonchev–Trinajstić information content (AvgIpc) is 2.49. The molecule has 2 bridgehead atoms. The second-order valence-electron chi connectivity index (χ2n) is 3.79. The number of hydrogen-bond donors (Lipinski definition) is 2. The van der Waals surface area contributed by atoms with Crippen LogP contribution in [0.1, 0.15) is 19.3 Å². The van der Waals surface area contributed by atoms with Crippen LogP contribution in [0.15, 0.2) is 16.8 Å². The number of hydrogen-bond acceptors (Lipinski definition) is 3. The highest BCUT2D eigenvalue weighted by Gasteiger charge is 2.35. The topological polar surface area (TPSA) is 36.4 Å². The van der Waals surface area contributed by atoms with Gasteiger partial charge in [0.05, 0.1) is 18.3 Å². The van der Waals surface area contributed by atoms with Crippen molar-refractivity contribution < 1.29 is 0 Å². The van der Waals surface area contributed by atoms with Crippen molar-refractivity contribution in [3.63, 3.8) is 0 Å². The predicted octanol–water partition coefficient (Wildman–Crippen LogP) is 0.396. The van der Waals surface area contributed by atoms with E-state index in [9.17, 15) is 0 Å². The van der Waals surface area contributed by atoms with Gasteiger partial charge in [-0.15, -0.1) is 0 Å². The fourth-order valence-corrected chi connectivity index (χ4v) is 2.43. The maximum absolute atomic E-state index is 4.37. The van der Waals surface area contributed by atoms with E-state index in [1.54, 1.807) is 0 Å². The lowest BCUT2D eigenvalue weighted by atomic mass is 9.96. The lowest BCUT2D eigenvalue weighted by Gasteiger charge is -2.27. The van der Waals surface area contributed by atoms with E-state index in [-0.39, 0.29) is 0 Å². The summed E-state index contributed by atoms with van der Waals surface area (Å²) in [6.45, 7) is 0.915. The van der Waals surface area contributed by atoms with Gasteiger partial charge < -0.3 is 10.7 Å². The summed E-state index contributed by atoms with van der Waals surface area (Å²) < 4.78 is 0. The Morgan fingerprint density at radius 1 is 1.42 bits per heavy atom. The smallest absolute Gasteiger partial charge is 0.0802 e. The van der Waals surface area contributed by atoms with E-state index >= 15 is 0 Å². The third-order valence-electron chi connectivity index (χ3n) is 3.01. The summed E-state index contributed by atoms with van der Waals surface area (Å²) in [7, 11) is 0. The molecule has 2 N–H and O–H groups in total.